The zero-order chi connectivity index (χ0) is 14.3. The average Bonchev–Trinajstić information content (AvgIpc) is 2.93. The second kappa shape index (κ2) is 4.58. The third-order valence-corrected chi connectivity index (χ3v) is 3.62. The standard InChI is InChI=1S/C13H6BrFN4O/c1-16-9-3-2-7(6-8(9)15)11-10(14)12-17-4-5-19(12)13(20)18-11/h2-6H,(H,18,20). The summed E-state index contributed by atoms with van der Waals surface area (Å²) in [5.41, 5.74) is 0.895. The molecule has 0 bridgehead atoms. The van der Waals surface area contributed by atoms with Crippen LogP contribution >= 0.6 is 15.9 Å². The quantitative estimate of drug-likeness (QED) is 0.696. The summed E-state index contributed by atoms with van der Waals surface area (Å²) < 4.78 is 15.6. The number of aromatic nitrogens is 3. The minimum atomic E-state index is -0.631. The number of fused-ring (bicyclic) bond motifs is 1. The Bertz CT molecular complexity index is 922. The van der Waals surface area contributed by atoms with E-state index in [1.54, 1.807) is 6.07 Å². The highest BCUT2D eigenvalue weighted by Gasteiger charge is 2.13. The van der Waals surface area contributed by atoms with Gasteiger partial charge in [0.05, 0.1) is 16.7 Å². The average molecular weight is 333 g/mol. The maximum absolute atomic E-state index is 13.7. The normalized spacial score (nSPS) is 10.7. The Morgan fingerprint density at radius 2 is 2.25 bits per heavy atom. The summed E-state index contributed by atoms with van der Waals surface area (Å²) in [6.07, 6.45) is 3.03. The van der Waals surface area contributed by atoms with Gasteiger partial charge < -0.3 is 4.98 Å². The first-order chi connectivity index (χ1) is 9.61. The smallest absolute Gasteiger partial charge is 0.305 e. The van der Waals surface area contributed by atoms with E-state index in [-0.39, 0.29) is 11.4 Å². The number of aromatic amines is 1. The lowest BCUT2D eigenvalue weighted by atomic mass is 10.1. The van der Waals surface area contributed by atoms with Gasteiger partial charge in [-0.25, -0.2) is 19.0 Å². The number of halogens is 2. The molecule has 7 heteroatoms. The molecule has 2 aromatic heterocycles. The first-order valence-corrected chi connectivity index (χ1v) is 6.33. The Kier molecular flexibility index (Phi) is 2.88. The van der Waals surface area contributed by atoms with Gasteiger partial charge in [-0.3, -0.25) is 4.40 Å². The van der Waals surface area contributed by atoms with Gasteiger partial charge in [0.2, 0.25) is 5.69 Å². The molecule has 0 amide bonds. The van der Waals surface area contributed by atoms with E-state index in [1.165, 1.54) is 28.9 Å². The van der Waals surface area contributed by atoms with Gasteiger partial charge in [-0.05, 0) is 27.6 Å². The molecule has 98 valence electrons. The van der Waals surface area contributed by atoms with Crippen LogP contribution in [-0.2, 0) is 0 Å². The van der Waals surface area contributed by atoms with Crippen molar-refractivity contribution in [2.75, 3.05) is 0 Å². The SMILES string of the molecule is [C-]#[N+]c1ccc(-c2[nH]c(=O)n3ccnc3c2Br)cc1F. The summed E-state index contributed by atoms with van der Waals surface area (Å²) >= 11 is 3.36. The maximum Gasteiger partial charge on any atom is 0.331 e. The Balaban J connectivity index is 2.30. The van der Waals surface area contributed by atoms with Gasteiger partial charge in [-0.15, -0.1) is 0 Å². The van der Waals surface area contributed by atoms with E-state index in [0.29, 0.717) is 21.4 Å². The molecule has 0 saturated carbocycles. The molecule has 20 heavy (non-hydrogen) atoms. The van der Waals surface area contributed by atoms with Crippen molar-refractivity contribution in [2.45, 2.75) is 0 Å². The molecule has 1 N–H and O–H groups in total. The fourth-order valence-corrected chi connectivity index (χ4v) is 2.54. The number of benzene rings is 1. The van der Waals surface area contributed by atoms with Crippen LogP contribution in [0, 0.1) is 12.4 Å². The van der Waals surface area contributed by atoms with Crippen molar-refractivity contribution in [3.63, 3.8) is 0 Å². The van der Waals surface area contributed by atoms with Crippen LogP contribution in [0.25, 0.3) is 21.7 Å². The molecule has 0 radical (unpaired) electrons. The van der Waals surface area contributed by atoms with Crippen molar-refractivity contribution in [3.8, 4) is 11.3 Å². The van der Waals surface area contributed by atoms with Crippen molar-refractivity contribution < 1.29 is 4.39 Å². The maximum atomic E-state index is 13.7. The van der Waals surface area contributed by atoms with E-state index in [0.717, 1.165) is 0 Å². The van der Waals surface area contributed by atoms with Gasteiger partial charge in [0.25, 0.3) is 0 Å². The van der Waals surface area contributed by atoms with Crippen LogP contribution in [0.4, 0.5) is 10.1 Å². The Morgan fingerprint density at radius 3 is 2.95 bits per heavy atom. The number of hydrogen-bond acceptors (Lipinski definition) is 2. The zero-order valence-electron chi connectivity index (χ0n) is 9.89. The highest BCUT2D eigenvalue weighted by Crippen LogP contribution is 2.30. The fraction of sp³-hybridized carbons (Fsp3) is 0. The zero-order valence-corrected chi connectivity index (χ0v) is 11.5. The van der Waals surface area contributed by atoms with Crippen LogP contribution in [0.2, 0.25) is 0 Å². The lowest BCUT2D eigenvalue weighted by molar-refractivity contribution is 0.634. The molecule has 0 aliphatic heterocycles. The van der Waals surface area contributed by atoms with Crippen molar-refractivity contribution >= 4 is 27.3 Å². The molecule has 0 aliphatic carbocycles. The highest BCUT2D eigenvalue weighted by atomic mass is 79.9. The summed E-state index contributed by atoms with van der Waals surface area (Å²) in [5, 5.41) is 0. The van der Waals surface area contributed by atoms with Crippen molar-refractivity contribution in [2.24, 2.45) is 0 Å². The first-order valence-electron chi connectivity index (χ1n) is 5.54. The van der Waals surface area contributed by atoms with Gasteiger partial charge in [0.15, 0.2) is 5.65 Å². The number of hydrogen-bond donors (Lipinski definition) is 1. The van der Waals surface area contributed by atoms with Crippen LogP contribution in [0.3, 0.4) is 0 Å². The molecular formula is C13H6BrFN4O. The lowest BCUT2D eigenvalue weighted by Crippen LogP contribution is -2.16. The molecule has 2 heterocycles. The summed E-state index contributed by atoms with van der Waals surface area (Å²) in [5.74, 6) is -0.631. The van der Waals surface area contributed by atoms with E-state index >= 15 is 0 Å². The third kappa shape index (κ3) is 1.82. The number of nitrogens with one attached hydrogen (secondary N) is 1. The first kappa shape index (κ1) is 12.6. The Morgan fingerprint density at radius 1 is 1.45 bits per heavy atom. The van der Waals surface area contributed by atoms with Crippen molar-refractivity contribution in [3.05, 3.63) is 62.8 Å². The molecule has 0 atom stereocenters. The van der Waals surface area contributed by atoms with Crippen LogP contribution in [-0.4, -0.2) is 14.4 Å². The monoisotopic (exact) mass is 332 g/mol. The van der Waals surface area contributed by atoms with Gasteiger partial charge in [-0.2, -0.15) is 0 Å². The minimum Gasteiger partial charge on any atom is -0.305 e. The summed E-state index contributed by atoms with van der Waals surface area (Å²) in [7, 11) is 0. The van der Waals surface area contributed by atoms with Gasteiger partial charge >= 0.3 is 5.69 Å². The molecule has 0 unspecified atom stereocenters. The number of imidazole rings is 1. The summed E-state index contributed by atoms with van der Waals surface area (Å²) in [4.78, 5) is 21.7. The minimum absolute atomic E-state index is 0.0610. The molecule has 5 nitrogen and oxygen atoms in total. The number of rotatable bonds is 1. The molecule has 3 aromatic rings. The fourth-order valence-electron chi connectivity index (χ4n) is 1.92. The van der Waals surface area contributed by atoms with Crippen LogP contribution < -0.4 is 5.69 Å². The number of H-pyrrole nitrogens is 1. The largest absolute Gasteiger partial charge is 0.331 e. The van der Waals surface area contributed by atoms with Gasteiger partial charge in [-0.1, -0.05) is 12.1 Å². The molecule has 0 spiro atoms. The van der Waals surface area contributed by atoms with Crippen molar-refractivity contribution in [1.82, 2.24) is 14.4 Å². The van der Waals surface area contributed by atoms with E-state index in [1.807, 2.05) is 0 Å². The molecule has 0 saturated heterocycles. The Hall–Kier alpha value is -2.46. The lowest BCUT2D eigenvalue weighted by Gasteiger charge is -2.07. The Labute approximate surface area is 120 Å². The second-order valence-electron chi connectivity index (χ2n) is 4.02. The van der Waals surface area contributed by atoms with E-state index in [2.05, 4.69) is 30.7 Å². The molecule has 3 rings (SSSR count). The van der Waals surface area contributed by atoms with Gasteiger partial charge in [0.1, 0.15) is 5.82 Å². The van der Waals surface area contributed by atoms with Crippen molar-refractivity contribution in [1.29, 1.82) is 0 Å². The second-order valence-corrected chi connectivity index (χ2v) is 4.81. The van der Waals surface area contributed by atoms with E-state index in [4.69, 9.17) is 6.57 Å². The van der Waals surface area contributed by atoms with Crippen LogP contribution in [0.5, 0.6) is 0 Å². The third-order valence-electron chi connectivity index (χ3n) is 2.86. The predicted octanol–water partition coefficient (Wildman–Crippen LogP) is 3.14. The summed E-state index contributed by atoms with van der Waals surface area (Å²) in [6.45, 7) is 6.83. The topological polar surface area (TPSA) is 54.5 Å². The summed E-state index contributed by atoms with van der Waals surface area (Å²) in [6, 6.07) is 4.16. The highest BCUT2D eigenvalue weighted by molar-refractivity contribution is 9.10. The van der Waals surface area contributed by atoms with Crippen LogP contribution in [0.1, 0.15) is 0 Å². The van der Waals surface area contributed by atoms with Crippen LogP contribution in [0.15, 0.2) is 39.9 Å². The molecule has 1 aromatic carbocycles. The molecule has 0 fully saturated rings. The van der Waals surface area contributed by atoms with E-state index in [9.17, 15) is 9.18 Å². The molecular weight excluding hydrogens is 327 g/mol. The predicted molar refractivity (Wildman–Crippen MR) is 75.2 cm³/mol. The molecule has 0 aliphatic rings. The number of nitrogens with zero attached hydrogens (tertiary/aromatic N) is 3. The van der Waals surface area contributed by atoms with E-state index < -0.39 is 5.82 Å². The van der Waals surface area contributed by atoms with Gasteiger partial charge in [0, 0.05) is 12.4 Å².